The van der Waals surface area contributed by atoms with E-state index in [1.54, 1.807) is 4.68 Å². The van der Waals surface area contributed by atoms with E-state index in [0.29, 0.717) is 19.6 Å². The third-order valence-electron chi connectivity index (χ3n) is 3.38. The minimum atomic E-state index is -0.465. The summed E-state index contributed by atoms with van der Waals surface area (Å²) in [6, 6.07) is 9.69. The molecular formula is C16H23N3O2. The van der Waals surface area contributed by atoms with Crippen molar-refractivity contribution in [1.29, 1.82) is 0 Å². The highest BCUT2D eigenvalue weighted by atomic mass is 16.5. The minimum absolute atomic E-state index is 0.177. The van der Waals surface area contributed by atoms with Gasteiger partial charge < -0.3 is 9.84 Å². The summed E-state index contributed by atoms with van der Waals surface area (Å²) in [4.78, 5) is 4.24. The Bertz CT molecular complexity index is 546. The average Bonchev–Trinajstić information content (AvgIpc) is 2.86. The topological polar surface area (TPSA) is 60.2 Å². The van der Waals surface area contributed by atoms with E-state index >= 15 is 0 Å². The van der Waals surface area contributed by atoms with Gasteiger partial charge in [0.25, 0.3) is 0 Å². The Kier molecular flexibility index (Phi) is 4.96. The van der Waals surface area contributed by atoms with Gasteiger partial charge in [-0.3, -0.25) is 0 Å². The van der Waals surface area contributed by atoms with Gasteiger partial charge in [0.2, 0.25) is 0 Å². The van der Waals surface area contributed by atoms with Gasteiger partial charge in [-0.05, 0) is 17.5 Å². The number of aromatic nitrogens is 3. The smallest absolute Gasteiger partial charge is 0.138 e. The Hall–Kier alpha value is -1.88. The van der Waals surface area contributed by atoms with Crippen molar-refractivity contribution >= 4 is 0 Å². The molecule has 0 bridgehead atoms. The van der Waals surface area contributed by atoms with E-state index in [2.05, 4.69) is 10.1 Å². The zero-order valence-corrected chi connectivity index (χ0v) is 12.9. The molecule has 5 nitrogen and oxygen atoms in total. The molecule has 0 amide bonds. The first kappa shape index (κ1) is 15.5. The second-order valence-corrected chi connectivity index (χ2v) is 6.15. The van der Waals surface area contributed by atoms with Gasteiger partial charge in [-0.25, -0.2) is 9.67 Å². The van der Waals surface area contributed by atoms with Crippen molar-refractivity contribution in [2.24, 2.45) is 5.41 Å². The molecule has 0 aliphatic heterocycles. The van der Waals surface area contributed by atoms with Crippen LogP contribution in [0.4, 0.5) is 0 Å². The lowest BCUT2D eigenvalue weighted by Gasteiger charge is -2.26. The zero-order chi connectivity index (χ0) is 15.3. The molecule has 0 saturated carbocycles. The maximum Gasteiger partial charge on any atom is 0.138 e. The number of benzene rings is 1. The van der Waals surface area contributed by atoms with Gasteiger partial charge in [-0.1, -0.05) is 39.0 Å². The number of rotatable bonds is 6. The summed E-state index contributed by atoms with van der Waals surface area (Å²) < 4.78 is 7.42. The summed E-state index contributed by atoms with van der Waals surface area (Å²) in [7, 11) is 0. The second kappa shape index (κ2) is 6.72. The monoisotopic (exact) mass is 289 g/mol. The van der Waals surface area contributed by atoms with Crippen molar-refractivity contribution in [3.05, 3.63) is 42.5 Å². The minimum Gasteiger partial charge on any atom is -0.493 e. The highest BCUT2D eigenvalue weighted by Crippen LogP contribution is 2.20. The van der Waals surface area contributed by atoms with Gasteiger partial charge in [0.1, 0.15) is 17.9 Å². The molecular weight excluding hydrogens is 266 g/mol. The zero-order valence-electron chi connectivity index (χ0n) is 12.9. The van der Waals surface area contributed by atoms with E-state index in [-0.39, 0.29) is 5.41 Å². The number of nitrogens with zero attached hydrogens (tertiary/aromatic N) is 3. The first-order valence-electron chi connectivity index (χ1n) is 7.19. The molecule has 0 saturated heterocycles. The number of aliphatic hydroxyl groups excluding tert-OH is 1. The fourth-order valence-electron chi connectivity index (χ4n) is 1.85. The molecule has 21 heavy (non-hydrogen) atoms. The SMILES string of the molecule is CC(C)(C)C(O)Cn1ncnc1CCOc1ccccc1. The second-order valence-electron chi connectivity index (χ2n) is 6.15. The van der Waals surface area contributed by atoms with Crippen molar-refractivity contribution < 1.29 is 9.84 Å². The molecule has 1 atom stereocenters. The Morgan fingerprint density at radius 1 is 1.24 bits per heavy atom. The lowest BCUT2D eigenvalue weighted by molar-refractivity contribution is 0.0440. The third kappa shape index (κ3) is 4.56. The Balaban J connectivity index is 1.89. The third-order valence-corrected chi connectivity index (χ3v) is 3.38. The summed E-state index contributed by atoms with van der Waals surface area (Å²) in [5.41, 5.74) is -0.177. The summed E-state index contributed by atoms with van der Waals surface area (Å²) in [6.07, 6.45) is 1.71. The van der Waals surface area contributed by atoms with Gasteiger partial charge in [0.05, 0.1) is 19.3 Å². The summed E-state index contributed by atoms with van der Waals surface area (Å²) in [5.74, 6) is 1.67. The Morgan fingerprint density at radius 2 is 1.95 bits per heavy atom. The van der Waals surface area contributed by atoms with Crippen LogP contribution < -0.4 is 4.74 Å². The number of aliphatic hydroxyl groups is 1. The normalized spacial score (nSPS) is 13.1. The number of hydrogen-bond donors (Lipinski definition) is 1. The van der Waals surface area contributed by atoms with E-state index in [0.717, 1.165) is 11.6 Å². The number of hydrogen-bond acceptors (Lipinski definition) is 4. The molecule has 2 rings (SSSR count). The van der Waals surface area contributed by atoms with E-state index in [4.69, 9.17) is 4.74 Å². The highest BCUT2D eigenvalue weighted by Gasteiger charge is 2.23. The van der Waals surface area contributed by atoms with Crippen molar-refractivity contribution in [2.75, 3.05) is 6.61 Å². The van der Waals surface area contributed by atoms with Gasteiger partial charge in [-0.15, -0.1) is 0 Å². The van der Waals surface area contributed by atoms with Crippen LogP contribution in [0.3, 0.4) is 0 Å². The van der Waals surface area contributed by atoms with Crippen molar-refractivity contribution in [3.63, 3.8) is 0 Å². The fourth-order valence-corrected chi connectivity index (χ4v) is 1.85. The lowest BCUT2D eigenvalue weighted by atomic mass is 9.89. The number of para-hydroxylation sites is 1. The van der Waals surface area contributed by atoms with Crippen LogP contribution in [-0.2, 0) is 13.0 Å². The Morgan fingerprint density at radius 3 is 2.62 bits per heavy atom. The van der Waals surface area contributed by atoms with E-state index in [1.165, 1.54) is 6.33 Å². The van der Waals surface area contributed by atoms with Crippen LogP contribution in [0.2, 0.25) is 0 Å². The summed E-state index contributed by atoms with van der Waals surface area (Å²) >= 11 is 0. The molecule has 1 heterocycles. The molecule has 1 aromatic heterocycles. The lowest BCUT2D eigenvalue weighted by Crippen LogP contribution is -2.31. The molecule has 5 heteroatoms. The van der Waals surface area contributed by atoms with Crippen molar-refractivity contribution in [1.82, 2.24) is 14.8 Å². The van der Waals surface area contributed by atoms with Crippen LogP contribution in [0.1, 0.15) is 26.6 Å². The van der Waals surface area contributed by atoms with E-state index in [1.807, 2.05) is 51.1 Å². The molecule has 1 unspecified atom stereocenters. The summed E-state index contributed by atoms with van der Waals surface area (Å²) in [6.45, 7) is 7.00. The van der Waals surface area contributed by atoms with Gasteiger partial charge >= 0.3 is 0 Å². The average molecular weight is 289 g/mol. The molecule has 0 aliphatic carbocycles. The van der Waals surface area contributed by atoms with Crippen molar-refractivity contribution in [2.45, 2.75) is 39.8 Å². The fraction of sp³-hybridized carbons (Fsp3) is 0.500. The van der Waals surface area contributed by atoms with Crippen LogP contribution in [0, 0.1) is 5.41 Å². The first-order valence-corrected chi connectivity index (χ1v) is 7.19. The van der Waals surface area contributed by atoms with Crippen LogP contribution in [0.25, 0.3) is 0 Å². The maximum absolute atomic E-state index is 10.2. The quantitative estimate of drug-likeness (QED) is 0.886. The molecule has 1 aromatic carbocycles. The molecule has 1 N–H and O–H groups in total. The number of ether oxygens (including phenoxy) is 1. The van der Waals surface area contributed by atoms with Gasteiger partial charge in [0, 0.05) is 6.42 Å². The molecule has 0 spiro atoms. The van der Waals surface area contributed by atoms with E-state index in [9.17, 15) is 5.11 Å². The van der Waals surface area contributed by atoms with Crippen LogP contribution in [0.5, 0.6) is 5.75 Å². The molecule has 2 aromatic rings. The standard InChI is InChI=1S/C16H23N3O2/c1-16(2,3)14(20)11-19-15(17-12-18-19)9-10-21-13-7-5-4-6-8-13/h4-8,12,14,20H,9-11H2,1-3H3. The molecule has 114 valence electrons. The molecule has 0 aliphatic rings. The molecule has 0 radical (unpaired) electrons. The van der Waals surface area contributed by atoms with Crippen LogP contribution >= 0.6 is 0 Å². The maximum atomic E-state index is 10.2. The summed E-state index contributed by atoms with van der Waals surface area (Å²) in [5, 5.41) is 14.4. The molecule has 0 fully saturated rings. The predicted molar refractivity (Wildman–Crippen MR) is 81.1 cm³/mol. The largest absolute Gasteiger partial charge is 0.493 e. The van der Waals surface area contributed by atoms with Gasteiger partial charge in [0.15, 0.2) is 0 Å². The predicted octanol–water partition coefficient (Wildman–Crippen LogP) is 2.31. The van der Waals surface area contributed by atoms with Gasteiger partial charge in [-0.2, -0.15) is 5.10 Å². The van der Waals surface area contributed by atoms with Crippen LogP contribution in [-0.4, -0.2) is 32.6 Å². The van der Waals surface area contributed by atoms with E-state index < -0.39 is 6.10 Å². The van der Waals surface area contributed by atoms with Crippen molar-refractivity contribution in [3.8, 4) is 5.75 Å². The first-order chi connectivity index (χ1) is 9.97. The Labute approximate surface area is 125 Å². The van der Waals surface area contributed by atoms with Crippen LogP contribution in [0.15, 0.2) is 36.7 Å². The highest BCUT2D eigenvalue weighted by molar-refractivity contribution is 5.20.